The fourth-order valence-corrected chi connectivity index (χ4v) is 2.23. The zero-order chi connectivity index (χ0) is 13.1. The van der Waals surface area contributed by atoms with Crippen LogP contribution in [0.2, 0.25) is 0 Å². The van der Waals surface area contributed by atoms with Gasteiger partial charge in [-0.3, -0.25) is 9.59 Å². The van der Waals surface area contributed by atoms with E-state index in [9.17, 15) is 9.59 Å². The minimum Gasteiger partial charge on any atom is -0.481 e. The monoisotopic (exact) mass is 248 g/mol. The number of rotatable bonds is 4. The first-order chi connectivity index (χ1) is 8.58. The number of benzene rings is 1. The van der Waals surface area contributed by atoms with Crippen molar-refractivity contribution in [1.29, 1.82) is 0 Å². The Morgan fingerprint density at radius 2 is 2.22 bits per heavy atom. The van der Waals surface area contributed by atoms with E-state index in [4.69, 9.17) is 10.8 Å². The van der Waals surface area contributed by atoms with Gasteiger partial charge in [0.2, 0.25) is 5.91 Å². The molecular weight excluding hydrogens is 232 g/mol. The number of carboxylic acid groups (broad SMARTS) is 1. The molecule has 0 aromatic heterocycles. The lowest BCUT2D eigenvalue weighted by molar-refractivity contribution is -0.137. The molecule has 1 atom stereocenters. The quantitative estimate of drug-likeness (QED) is 0.751. The Kier molecular flexibility index (Phi) is 3.62. The Balaban J connectivity index is 2.20. The third-order valence-corrected chi connectivity index (χ3v) is 3.16. The maximum Gasteiger partial charge on any atom is 0.303 e. The van der Waals surface area contributed by atoms with Crippen molar-refractivity contribution >= 4 is 17.6 Å². The molecule has 5 heteroatoms. The van der Waals surface area contributed by atoms with Gasteiger partial charge >= 0.3 is 5.97 Å². The molecule has 1 aromatic carbocycles. The highest BCUT2D eigenvalue weighted by atomic mass is 16.4. The topological polar surface area (TPSA) is 92.4 Å². The first-order valence-corrected chi connectivity index (χ1v) is 5.97. The molecule has 1 aromatic rings. The Morgan fingerprint density at radius 3 is 2.94 bits per heavy atom. The van der Waals surface area contributed by atoms with Crippen LogP contribution < -0.4 is 11.1 Å². The molecule has 18 heavy (non-hydrogen) atoms. The van der Waals surface area contributed by atoms with Gasteiger partial charge in [0, 0.05) is 24.6 Å². The number of fused-ring (bicyclic) bond motifs is 1. The van der Waals surface area contributed by atoms with Gasteiger partial charge in [-0.15, -0.1) is 0 Å². The summed E-state index contributed by atoms with van der Waals surface area (Å²) in [6.07, 6.45) is 1.57. The Labute approximate surface area is 105 Å². The molecule has 0 saturated heterocycles. The van der Waals surface area contributed by atoms with E-state index in [2.05, 4.69) is 5.32 Å². The van der Waals surface area contributed by atoms with Crippen LogP contribution in [-0.2, 0) is 16.0 Å². The molecule has 0 bridgehead atoms. The number of carbonyl (C=O) groups is 2. The van der Waals surface area contributed by atoms with E-state index in [-0.39, 0.29) is 18.4 Å². The van der Waals surface area contributed by atoms with Crippen molar-refractivity contribution in [3.8, 4) is 0 Å². The van der Waals surface area contributed by atoms with E-state index in [1.165, 1.54) is 0 Å². The molecule has 0 aliphatic carbocycles. The van der Waals surface area contributed by atoms with Crippen molar-refractivity contribution < 1.29 is 14.7 Å². The molecule has 0 spiro atoms. The number of hydrogen-bond acceptors (Lipinski definition) is 3. The molecule has 4 N–H and O–H groups in total. The van der Waals surface area contributed by atoms with Crippen molar-refractivity contribution in [2.45, 2.75) is 31.7 Å². The van der Waals surface area contributed by atoms with E-state index >= 15 is 0 Å². The molecule has 96 valence electrons. The Morgan fingerprint density at radius 1 is 1.44 bits per heavy atom. The Bertz CT molecular complexity index is 485. The minimum atomic E-state index is -0.844. The predicted octanol–water partition coefficient (Wildman–Crippen LogP) is 1.44. The highest BCUT2D eigenvalue weighted by molar-refractivity contribution is 5.94. The molecule has 0 saturated carbocycles. The lowest BCUT2D eigenvalue weighted by atomic mass is 9.91. The number of amides is 1. The van der Waals surface area contributed by atoms with Crippen LogP contribution in [0.5, 0.6) is 0 Å². The van der Waals surface area contributed by atoms with Crippen LogP contribution >= 0.6 is 0 Å². The number of nitrogens with one attached hydrogen (secondary N) is 1. The number of nitrogens with two attached hydrogens (primary N) is 1. The van der Waals surface area contributed by atoms with Crippen molar-refractivity contribution in [3.05, 3.63) is 29.3 Å². The highest BCUT2D eigenvalue weighted by Gasteiger charge is 2.20. The fourth-order valence-electron chi connectivity index (χ4n) is 2.23. The van der Waals surface area contributed by atoms with Crippen LogP contribution in [0.4, 0.5) is 5.69 Å². The summed E-state index contributed by atoms with van der Waals surface area (Å²) < 4.78 is 0. The van der Waals surface area contributed by atoms with E-state index in [1.807, 2.05) is 18.2 Å². The van der Waals surface area contributed by atoms with Crippen molar-refractivity contribution in [2.24, 2.45) is 5.73 Å². The largest absolute Gasteiger partial charge is 0.481 e. The van der Waals surface area contributed by atoms with Crippen LogP contribution in [-0.4, -0.2) is 17.0 Å². The Hall–Kier alpha value is -1.88. The first kappa shape index (κ1) is 12.6. The van der Waals surface area contributed by atoms with Crippen LogP contribution in [0.3, 0.4) is 0 Å². The molecule has 5 nitrogen and oxygen atoms in total. The normalized spacial score (nSPS) is 15.7. The number of aliphatic carboxylic acids is 1. The second kappa shape index (κ2) is 5.18. The molecule has 0 fully saturated rings. The summed E-state index contributed by atoms with van der Waals surface area (Å²) in [7, 11) is 0. The summed E-state index contributed by atoms with van der Waals surface area (Å²) in [6.45, 7) is 0. The second-order valence-corrected chi connectivity index (χ2v) is 4.46. The van der Waals surface area contributed by atoms with Gasteiger partial charge in [0.1, 0.15) is 0 Å². The van der Waals surface area contributed by atoms with Gasteiger partial charge in [0.05, 0.1) is 0 Å². The average Bonchev–Trinajstić information content (AvgIpc) is 2.34. The summed E-state index contributed by atoms with van der Waals surface area (Å²) >= 11 is 0. The minimum absolute atomic E-state index is 0.0127. The molecular formula is C13H16N2O3. The van der Waals surface area contributed by atoms with Gasteiger partial charge in [0.15, 0.2) is 0 Å². The zero-order valence-electron chi connectivity index (χ0n) is 9.98. The van der Waals surface area contributed by atoms with Gasteiger partial charge < -0.3 is 16.2 Å². The molecule has 0 radical (unpaired) electrons. The predicted molar refractivity (Wildman–Crippen MR) is 67.2 cm³/mol. The van der Waals surface area contributed by atoms with Crippen LogP contribution in [0.25, 0.3) is 0 Å². The SMILES string of the molecule is NC(CCC(=O)O)c1cccc2c1CCC(=O)N2. The molecule has 1 heterocycles. The van der Waals surface area contributed by atoms with E-state index in [0.717, 1.165) is 16.8 Å². The smallest absolute Gasteiger partial charge is 0.303 e. The van der Waals surface area contributed by atoms with E-state index in [1.54, 1.807) is 0 Å². The number of anilines is 1. The van der Waals surface area contributed by atoms with Gasteiger partial charge in [-0.25, -0.2) is 0 Å². The molecule has 1 amide bonds. The second-order valence-electron chi connectivity index (χ2n) is 4.46. The number of hydrogen-bond donors (Lipinski definition) is 3. The molecule has 1 aliphatic rings. The summed E-state index contributed by atoms with van der Waals surface area (Å²) in [4.78, 5) is 21.9. The molecule has 2 rings (SSSR count). The number of carboxylic acids is 1. The van der Waals surface area contributed by atoms with Crippen molar-refractivity contribution in [3.63, 3.8) is 0 Å². The van der Waals surface area contributed by atoms with Gasteiger partial charge in [-0.05, 0) is 30.0 Å². The maximum atomic E-state index is 11.3. The first-order valence-electron chi connectivity index (χ1n) is 5.97. The van der Waals surface area contributed by atoms with Crippen LogP contribution in [0.1, 0.15) is 36.4 Å². The van der Waals surface area contributed by atoms with Crippen LogP contribution in [0, 0.1) is 0 Å². The van der Waals surface area contributed by atoms with E-state index in [0.29, 0.717) is 19.3 Å². The summed E-state index contributed by atoms with van der Waals surface area (Å²) in [5.74, 6) is -0.831. The third-order valence-electron chi connectivity index (χ3n) is 3.16. The van der Waals surface area contributed by atoms with Gasteiger partial charge in [-0.1, -0.05) is 12.1 Å². The average molecular weight is 248 g/mol. The van der Waals surface area contributed by atoms with Crippen molar-refractivity contribution in [1.82, 2.24) is 0 Å². The lowest BCUT2D eigenvalue weighted by Crippen LogP contribution is -2.22. The lowest BCUT2D eigenvalue weighted by Gasteiger charge is -2.22. The van der Waals surface area contributed by atoms with Crippen molar-refractivity contribution in [2.75, 3.05) is 5.32 Å². The summed E-state index contributed by atoms with van der Waals surface area (Å²) in [6, 6.07) is 5.29. The maximum absolute atomic E-state index is 11.3. The summed E-state index contributed by atoms with van der Waals surface area (Å²) in [5, 5.41) is 11.5. The fraction of sp³-hybridized carbons (Fsp3) is 0.385. The molecule has 1 unspecified atom stereocenters. The summed E-state index contributed by atoms with van der Waals surface area (Å²) in [5.41, 5.74) is 8.80. The molecule has 1 aliphatic heterocycles. The van der Waals surface area contributed by atoms with E-state index < -0.39 is 5.97 Å². The van der Waals surface area contributed by atoms with Crippen LogP contribution in [0.15, 0.2) is 18.2 Å². The van der Waals surface area contributed by atoms with Gasteiger partial charge in [-0.2, -0.15) is 0 Å². The highest BCUT2D eigenvalue weighted by Crippen LogP contribution is 2.30. The zero-order valence-corrected chi connectivity index (χ0v) is 9.98. The third kappa shape index (κ3) is 2.68. The van der Waals surface area contributed by atoms with Gasteiger partial charge in [0.25, 0.3) is 0 Å². The number of carbonyl (C=O) groups excluding carboxylic acids is 1. The standard InChI is InChI=1S/C13H16N2O3/c14-10(5-7-13(17)18)8-2-1-3-11-9(8)4-6-12(16)15-11/h1-3,10H,4-7,14H2,(H,15,16)(H,17,18).